The Kier molecular flexibility index (Phi) is 3.92. The molecule has 0 saturated heterocycles. The van der Waals surface area contributed by atoms with Gasteiger partial charge in [0.2, 0.25) is 0 Å². The van der Waals surface area contributed by atoms with Crippen molar-refractivity contribution in [3.05, 3.63) is 40.9 Å². The van der Waals surface area contributed by atoms with Gasteiger partial charge in [0.15, 0.2) is 5.78 Å². The van der Waals surface area contributed by atoms with Crippen LogP contribution in [0.1, 0.15) is 30.1 Å². The molecule has 0 saturated carbocycles. The van der Waals surface area contributed by atoms with Gasteiger partial charge in [0.25, 0.3) is 0 Å². The summed E-state index contributed by atoms with van der Waals surface area (Å²) in [6.07, 6.45) is 1.15. The summed E-state index contributed by atoms with van der Waals surface area (Å²) < 4.78 is 0. The maximum absolute atomic E-state index is 11.7. The molecule has 80 valence electrons. The van der Waals surface area contributed by atoms with Crippen LogP contribution in [0, 0.1) is 0 Å². The molecule has 1 rings (SSSR count). The van der Waals surface area contributed by atoms with E-state index in [1.54, 1.807) is 18.2 Å². The maximum Gasteiger partial charge on any atom is 0.163 e. The topological polar surface area (TPSA) is 43.1 Å². The molecule has 15 heavy (non-hydrogen) atoms. The molecule has 0 heterocycles. The number of Topliss-reactive ketones (excluding diaryl/α,β-unsaturated/α-hetero) is 1. The highest BCUT2D eigenvalue weighted by Gasteiger charge is 2.07. The quantitative estimate of drug-likeness (QED) is 0.483. The largest absolute Gasteiger partial charge is 0.399 e. The van der Waals surface area contributed by atoms with E-state index in [4.69, 9.17) is 17.3 Å². The summed E-state index contributed by atoms with van der Waals surface area (Å²) in [6.45, 7) is 5.66. The van der Waals surface area contributed by atoms with Gasteiger partial charge in [0.05, 0.1) is 0 Å². The second kappa shape index (κ2) is 4.99. The molecule has 0 spiro atoms. The van der Waals surface area contributed by atoms with E-state index in [1.165, 1.54) is 0 Å². The first-order chi connectivity index (χ1) is 6.99. The van der Waals surface area contributed by atoms with Crippen molar-refractivity contribution in [3.63, 3.8) is 0 Å². The van der Waals surface area contributed by atoms with E-state index in [9.17, 15) is 4.79 Å². The van der Waals surface area contributed by atoms with E-state index in [0.29, 0.717) is 29.1 Å². The van der Waals surface area contributed by atoms with Gasteiger partial charge in [-0.25, -0.2) is 0 Å². The minimum absolute atomic E-state index is 0.0483. The summed E-state index contributed by atoms with van der Waals surface area (Å²) in [6, 6.07) is 4.91. The third-order valence-corrected chi connectivity index (χ3v) is 2.24. The number of carbonyl (C=O) groups excluding carboxylic acids is 1. The average Bonchev–Trinajstić information content (AvgIpc) is 2.12. The zero-order valence-electron chi connectivity index (χ0n) is 8.72. The highest BCUT2D eigenvalue weighted by molar-refractivity contribution is 6.31. The molecule has 0 atom stereocenters. The van der Waals surface area contributed by atoms with Gasteiger partial charge in [-0.1, -0.05) is 17.2 Å². The summed E-state index contributed by atoms with van der Waals surface area (Å²) in [5, 5.41) is 0.494. The van der Waals surface area contributed by atoms with Crippen molar-refractivity contribution < 1.29 is 4.79 Å². The normalized spacial score (nSPS) is 10.0. The molecular weight excluding hydrogens is 210 g/mol. The van der Waals surface area contributed by atoms with E-state index < -0.39 is 0 Å². The molecule has 0 aromatic heterocycles. The highest BCUT2D eigenvalue weighted by atomic mass is 35.5. The molecule has 0 aliphatic carbocycles. The molecule has 0 bridgehead atoms. The maximum atomic E-state index is 11.7. The fourth-order valence-electron chi connectivity index (χ4n) is 1.24. The summed E-state index contributed by atoms with van der Waals surface area (Å²) in [5.41, 5.74) is 7.68. The van der Waals surface area contributed by atoms with Crippen molar-refractivity contribution in [1.29, 1.82) is 0 Å². The van der Waals surface area contributed by atoms with Crippen LogP contribution in [0.2, 0.25) is 5.02 Å². The lowest BCUT2D eigenvalue weighted by Gasteiger charge is -2.03. The SMILES string of the molecule is C=C(C)CCC(=O)c1cc(N)cc(Cl)c1. The van der Waals surface area contributed by atoms with Crippen LogP contribution >= 0.6 is 11.6 Å². The van der Waals surface area contributed by atoms with Crippen LogP contribution in [0.3, 0.4) is 0 Å². The third kappa shape index (κ3) is 3.76. The minimum atomic E-state index is 0.0483. The van der Waals surface area contributed by atoms with E-state index in [1.807, 2.05) is 6.92 Å². The highest BCUT2D eigenvalue weighted by Crippen LogP contribution is 2.18. The van der Waals surface area contributed by atoms with Crippen molar-refractivity contribution in [2.45, 2.75) is 19.8 Å². The molecule has 0 aliphatic rings. The van der Waals surface area contributed by atoms with Gasteiger partial charge in [-0.05, 0) is 31.5 Å². The predicted octanol–water partition coefficient (Wildman–Crippen LogP) is 3.46. The van der Waals surface area contributed by atoms with Crippen LogP contribution in [0.25, 0.3) is 0 Å². The van der Waals surface area contributed by atoms with Crippen molar-refractivity contribution >= 4 is 23.1 Å². The molecule has 2 N–H and O–H groups in total. The lowest BCUT2D eigenvalue weighted by Crippen LogP contribution is -2.00. The number of benzene rings is 1. The first-order valence-electron chi connectivity index (χ1n) is 4.72. The summed E-state index contributed by atoms with van der Waals surface area (Å²) in [5.74, 6) is 0.0483. The molecule has 2 nitrogen and oxygen atoms in total. The molecule has 0 aliphatic heterocycles. The van der Waals surface area contributed by atoms with Gasteiger partial charge < -0.3 is 5.73 Å². The molecule has 0 radical (unpaired) electrons. The van der Waals surface area contributed by atoms with Crippen molar-refractivity contribution in [2.75, 3.05) is 5.73 Å². The Morgan fingerprint density at radius 1 is 1.40 bits per heavy atom. The van der Waals surface area contributed by atoms with Crippen molar-refractivity contribution in [2.24, 2.45) is 0 Å². The zero-order chi connectivity index (χ0) is 11.4. The van der Waals surface area contributed by atoms with E-state index in [-0.39, 0.29) is 5.78 Å². The molecular formula is C12H14ClNO. The molecule has 0 amide bonds. The number of ketones is 1. The Morgan fingerprint density at radius 2 is 2.07 bits per heavy atom. The van der Waals surface area contributed by atoms with Gasteiger partial charge in [0, 0.05) is 22.7 Å². The van der Waals surface area contributed by atoms with Gasteiger partial charge in [-0.2, -0.15) is 0 Å². The van der Waals surface area contributed by atoms with Crippen LogP contribution in [-0.4, -0.2) is 5.78 Å². The number of halogens is 1. The average molecular weight is 224 g/mol. The van der Waals surface area contributed by atoms with Gasteiger partial charge in [0.1, 0.15) is 0 Å². The lowest BCUT2D eigenvalue weighted by molar-refractivity contribution is 0.0983. The number of carbonyl (C=O) groups is 1. The standard InChI is InChI=1S/C12H14ClNO/c1-8(2)3-4-12(15)9-5-10(13)7-11(14)6-9/h5-7H,1,3-4,14H2,2H3. The number of nitrogens with two attached hydrogens (primary N) is 1. The van der Waals surface area contributed by atoms with Gasteiger partial charge in [-0.3, -0.25) is 4.79 Å². The number of hydrogen-bond acceptors (Lipinski definition) is 2. The van der Waals surface area contributed by atoms with Crippen LogP contribution in [0.5, 0.6) is 0 Å². The molecule has 0 unspecified atom stereocenters. The zero-order valence-corrected chi connectivity index (χ0v) is 9.47. The minimum Gasteiger partial charge on any atom is -0.399 e. The van der Waals surface area contributed by atoms with E-state index in [2.05, 4.69) is 6.58 Å². The van der Waals surface area contributed by atoms with Crippen molar-refractivity contribution in [1.82, 2.24) is 0 Å². The van der Waals surface area contributed by atoms with Gasteiger partial charge in [-0.15, -0.1) is 6.58 Å². The summed E-state index contributed by atoms with van der Waals surface area (Å²) in [4.78, 5) is 11.7. The fraction of sp³-hybridized carbons (Fsp3) is 0.250. The van der Waals surface area contributed by atoms with Crippen LogP contribution < -0.4 is 5.73 Å². The number of nitrogen functional groups attached to an aromatic ring is 1. The Balaban J connectivity index is 2.77. The third-order valence-electron chi connectivity index (χ3n) is 2.02. The van der Waals surface area contributed by atoms with E-state index in [0.717, 1.165) is 5.57 Å². The smallest absolute Gasteiger partial charge is 0.163 e. The van der Waals surface area contributed by atoms with Crippen molar-refractivity contribution in [3.8, 4) is 0 Å². The molecule has 1 aromatic rings. The van der Waals surface area contributed by atoms with Crippen LogP contribution in [-0.2, 0) is 0 Å². The number of rotatable bonds is 4. The van der Waals surface area contributed by atoms with Crippen LogP contribution in [0.15, 0.2) is 30.4 Å². The van der Waals surface area contributed by atoms with E-state index >= 15 is 0 Å². The second-order valence-corrected chi connectivity index (χ2v) is 4.09. The molecule has 1 aromatic carbocycles. The number of anilines is 1. The Morgan fingerprint density at radius 3 is 2.60 bits per heavy atom. The number of allylic oxidation sites excluding steroid dienone is 1. The predicted molar refractivity (Wildman–Crippen MR) is 64.2 cm³/mol. The molecule has 3 heteroatoms. The fourth-order valence-corrected chi connectivity index (χ4v) is 1.49. The lowest BCUT2D eigenvalue weighted by atomic mass is 10.0. The Labute approximate surface area is 94.7 Å². The summed E-state index contributed by atoms with van der Waals surface area (Å²) in [7, 11) is 0. The first kappa shape index (κ1) is 11.8. The second-order valence-electron chi connectivity index (χ2n) is 3.65. The molecule has 0 fully saturated rings. The Bertz CT molecular complexity index is 378. The Hall–Kier alpha value is -1.28. The number of hydrogen-bond donors (Lipinski definition) is 1. The summed E-state index contributed by atoms with van der Waals surface area (Å²) >= 11 is 5.81. The van der Waals surface area contributed by atoms with Crippen LogP contribution in [0.4, 0.5) is 5.69 Å². The monoisotopic (exact) mass is 223 g/mol. The first-order valence-corrected chi connectivity index (χ1v) is 5.10. The van der Waals surface area contributed by atoms with Gasteiger partial charge >= 0.3 is 0 Å².